The summed E-state index contributed by atoms with van der Waals surface area (Å²) in [6.45, 7) is 4.42. The van der Waals surface area contributed by atoms with Crippen LogP contribution in [0.2, 0.25) is 0 Å². The molecule has 1 aliphatic heterocycles. The molecule has 0 bridgehead atoms. The Morgan fingerprint density at radius 3 is 2.91 bits per heavy atom. The van der Waals surface area contributed by atoms with E-state index >= 15 is 0 Å². The highest BCUT2D eigenvalue weighted by Crippen LogP contribution is 2.22. The van der Waals surface area contributed by atoms with E-state index in [1.807, 2.05) is 13.8 Å². The second kappa shape index (κ2) is 3.32. The molecule has 1 atom stereocenters. The third-order valence-corrected chi connectivity index (χ3v) is 1.70. The molecule has 1 heterocycles. The Morgan fingerprint density at radius 1 is 1.64 bits per heavy atom. The van der Waals surface area contributed by atoms with Crippen LogP contribution in [0.3, 0.4) is 0 Å². The van der Waals surface area contributed by atoms with Crippen molar-refractivity contribution in [3.8, 4) is 0 Å². The number of hydrogen-bond acceptors (Lipinski definition) is 3. The van der Waals surface area contributed by atoms with Crippen LogP contribution in [0.25, 0.3) is 0 Å². The van der Waals surface area contributed by atoms with E-state index in [4.69, 9.17) is 9.47 Å². The maximum atomic E-state index is 10.2. The molecule has 1 rings (SSSR count). The minimum absolute atomic E-state index is 0.0521. The smallest absolute Gasteiger partial charge is 0.163 e. The molecule has 0 spiro atoms. The number of aldehydes is 1. The molecule has 0 aromatic carbocycles. The van der Waals surface area contributed by atoms with Crippen LogP contribution in [-0.4, -0.2) is 24.8 Å². The van der Waals surface area contributed by atoms with Crippen molar-refractivity contribution in [2.45, 2.75) is 38.6 Å². The van der Waals surface area contributed by atoms with Gasteiger partial charge in [0, 0.05) is 6.42 Å². The molecule has 0 aromatic rings. The Morgan fingerprint density at radius 2 is 2.36 bits per heavy atom. The second-order valence-electron chi connectivity index (χ2n) is 3.18. The monoisotopic (exact) mass is 158 g/mol. The van der Waals surface area contributed by atoms with Gasteiger partial charge in [0.05, 0.1) is 12.7 Å². The van der Waals surface area contributed by atoms with Crippen molar-refractivity contribution < 1.29 is 14.3 Å². The van der Waals surface area contributed by atoms with E-state index in [0.717, 1.165) is 12.7 Å². The molecule has 0 amide bonds. The zero-order chi connectivity index (χ0) is 8.32. The molecule has 0 saturated carbocycles. The van der Waals surface area contributed by atoms with Crippen LogP contribution >= 0.6 is 0 Å². The Kier molecular flexibility index (Phi) is 2.62. The lowest BCUT2D eigenvalue weighted by molar-refractivity contribution is -0.272. The van der Waals surface area contributed by atoms with E-state index in [2.05, 4.69) is 0 Å². The van der Waals surface area contributed by atoms with Crippen LogP contribution in [0.5, 0.6) is 0 Å². The topological polar surface area (TPSA) is 35.5 Å². The van der Waals surface area contributed by atoms with E-state index in [9.17, 15) is 4.79 Å². The van der Waals surface area contributed by atoms with E-state index in [-0.39, 0.29) is 6.10 Å². The van der Waals surface area contributed by atoms with E-state index in [1.165, 1.54) is 0 Å². The van der Waals surface area contributed by atoms with Gasteiger partial charge in [0.15, 0.2) is 5.79 Å². The van der Waals surface area contributed by atoms with Crippen LogP contribution in [0.1, 0.15) is 26.7 Å². The average molecular weight is 158 g/mol. The van der Waals surface area contributed by atoms with Gasteiger partial charge in [0.1, 0.15) is 6.29 Å². The van der Waals surface area contributed by atoms with Gasteiger partial charge in [0.2, 0.25) is 0 Å². The summed E-state index contributed by atoms with van der Waals surface area (Å²) in [5, 5.41) is 0. The summed E-state index contributed by atoms with van der Waals surface area (Å²) in [6, 6.07) is 0. The highest BCUT2D eigenvalue weighted by Gasteiger charge is 2.28. The van der Waals surface area contributed by atoms with E-state index in [1.54, 1.807) is 0 Å². The second-order valence-corrected chi connectivity index (χ2v) is 3.18. The lowest BCUT2D eigenvalue weighted by atomic mass is 10.1. The van der Waals surface area contributed by atoms with Gasteiger partial charge >= 0.3 is 0 Å². The highest BCUT2D eigenvalue weighted by molar-refractivity contribution is 5.50. The quantitative estimate of drug-likeness (QED) is 0.565. The van der Waals surface area contributed by atoms with E-state index in [0.29, 0.717) is 13.0 Å². The van der Waals surface area contributed by atoms with Crippen LogP contribution in [0.4, 0.5) is 0 Å². The maximum absolute atomic E-state index is 10.2. The van der Waals surface area contributed by atoms with Crippen LogP contribution in [0.15, 0.2) is 0 Å². The normalized spacial score (nSPS) is 29.8. The lowest BCUT2D eigenvalue weighted by Crippen LogP contribution is -2.39. The zero-order valence-corrected chi connectivity index (χ0v) is 7.00. The third-order valence-electron chi connectivity index (χ3n) is 1.70. The predicted octanol–water partition coefficient (Wildman–Crippen LogP) is 1.12. The first kappa shape index (κ1) is 8.68. The van der Waals surface area contributed by atoms with Gasteiger partial charge in [-0.25, -0.2) is 0 Å². The predicted molar refractivity (Wildman–Crippen MR) is 40.2 cm³/mol. The number of rotatable bonds is 2. The number of carbonyl (C=O) groups excluding carboxylic acids is 1. The van der Waals surface area contributed by atoms with Crippen molar-refractivity contribution in [3.63, 3.8) is 0 Å². The van der Waals surface area contributed by atoms with Gasteiger partial charge in [0.25, 0.3) is 0 Å². The molecule has 1 aliphatic rings. The molecule has 3 nitrogen and oxygen atoms in total. The van der Waals surface area contributed by atoms with Crippen molar-refractivity contribution in [2.24, 2.45) is 0 Å². The Labute approximate surface area is 66.7 Å². The number of ether oxygens (including phenoxy) is 2. The fourth-order valence-corrected chi connectivity index (χ4v) is 1.20. The van der Waals surface area contributed by atoms with Gasteiger partial charge in [-0.3, -0.25) is 0 Å². The summed E-state index contributed by atoms with van der Waals surface area (Å²) >= 11 is 0. The molecule has 1 saturated heterocycles. The Hall–Kier alpha value is -0.410. The molecule has 64 valence electrons. The first-order valence-electron chi connectivity index (χ1n) is 3.89. The van der Waals surface area contributed by atoms with Crippen molar-refractivity contribution in [1.29, 1.82) is 0 Å². The van der Waals surface area contributed by atoms with Crippen molar-refractivity contribution in [3.05, 3.63) is 0 Å². The molecule has 0 aromatic heterocycles. The van der Waals surface area contributed by atoms with Gasteiger partial charge in [-0.2, -0.15) is 0 Å². The van der Waals surface area contributed by atoms with E-state index < -0.39 is 5.79 Å². The van der Waals surface area contributed by atoms with Gasteiger partial charge in [-0.05, 0) is 20.3 Å². The molecule has 0 N–H and O–H groups in total. The van der Waals surface area contributed by atoms with Crippen molar-refractivity contribution in [1.82, 2.24) is 0 Å². The molecule has 0 radical (unpaired) electrons. The average Bonchev–Trinajstić information content (AvgIpc) is 1.85. The Bertz CT molecular complexity index is 142. The molecular formula is C8H14O3. The first-order valence-corrected chi connectivity index (χ1v) is 3.89. The SMILES string of the molecule is CC1(C)OCC[C@H](CC=O)O1. The largest absolute Gasteiger partial charge is 0.350 e. The molecule has 11 heavy (non-hydrogen) atoms. The third kappa shape index (κ3) is 2.60. The van der Waals surface area contributed by atoms with Crippen molar-refractivity contribution in [2.75, 3.05) is 6.61 Å². The summed E-state index contributed by atoms with van der Waals surface area (Å²) in [6.07, 6.45) is 2.25. The van der Waals surface area contributed by atoms with Crippen molar-refractivity contribution >= 4 is 6.29 Å². The van der Waals surface area contributed by atoms with Crippen LogP contribution in [0, 0.1) is 0 Å². The molecule has 0 unspecified atom stereocenters. The minimum Gasteiger partial charge on any atom is -0.350 e. The number of carbonyl (C=O) groups is 1. The van der Waals surface area contributed by atoms with Crippen LogP contribution in [-0.2, 0) is 14.3 Å². The molecule has 3 heteroatoms. The highest BCUT2D eigenvalue weighted by atomic mass is 16.7. The fraction of sp³-hybridized carbons (Fsp3) is 0.875. The minimum atomic E-state index is -0.508. The summed E-state index contributed by atoms with van der Waals surface area (Å²) in [7, 11) is 0. The molecule has 0 aliphatic carbocycles. The number of hydrogen-bond donors (Lipinski definition) is 0. The lowest BCUT2D eigenvalue weighted by Gasteiger charge is -2.35. The summed E-state index contributed by atoms with van der Waals surface area (Å²) < 4.78 is 10.8. The van der Waals surface area contributed by atoms with Gasteiger partial charge < -0.3 is 14.3 Å². The molecular weight excluding hydrogens is 144 g/mol. The fourth-order valence-electron chi connectivity index (χ4n) is 1.20. The zero-order valence-electron chi connectivity index (χ0n) is 7.00. The summed E-state index contributed by atoms with van der Waals surface area (Å²) in [5.74, 6) is -0.508. The summed E-state index contributed by atoms with van der Waals surface area (Å²) in [5.41, 5.74) is 0. The Balaban J connectivity index is 2.39. The standard InChI is InChI=1S/C8H14O3/c1-8(2)10-6-4-7(11-8)3-5-9/h5,7H,3-4,6H2,1-2H3/t7-/m0/s1. The molecule has 1 fully saturated rings. The first-order chi connectivity index (χ1) is 5.14. The van der Waals surface area contributed by atoms with Gasteiger partial charge in [-0.15, -0.1) is 0 Å². The van der Waals surface area contributed by atoms with Gasteiger partial charge in [-0.1, -0.05) is 0 Å². The summed E-state index contributed by atoms with van der Waals surface area (Å²) in [4.78, 5) is 10.2. The maximum Gasteiger partial charge on any atom is 0.163 e. The van der Waals surface area contributed by atoms with Crippen LogP contribution < -0.4 is 0 Å².